The summed E-state index contributed by atoms with van der Waals surface area (Å²) >= 11 is 5.88. The van der Waals surface area contributed by atoms with E-state index in [1.807, 2.05) is 30.3 Å². The maximum Gasteiger partial charge on any atom is 0.337 e. The first-order valence-corrected chi connectivity index (χ1v) is 10.5. The number of carboxylic acids is 1. The Morgan fingerprint density at radius 3 is 2.72 bits per heavy atom. The van der Waals surface area contributed by atoms with Gasteiger partial charge in [0.2, 0.25) is 11.8 Å². The summed E-state index contributed by atoms with van der Waals surface area (Å²) in [6.45, 7) is 0.477. The molecule has 4 rings (SSSR count). The predicted octanol–water partition coefficient (Wildman–Crippen LogP) is 4.47. The van der Waals surface area contributed by atoms with Gasteiger partial charge in [0.15, 0.2) is 0 Å². The Morgan fingerprint density at radius 2 is 1.97 bits per heavy atom. The van der Waals surface area contributed by atoms with Gasteiger partial charge in [0.1, 0.15) is 6.04 Å². The molecule has 0 aliphatic carbocycles. The van der Waals surface area contributed by atoms with Crippen LogP contribution in [0.1, 0.15) is 28.8 Å². The van der Waals surface area contributed by atoms with Crippen LogP contribution in [0.25, 0.3) is 11.1 Å². The highest BCUT2D eigenvalue weighted by Crippen LogP contribution is 2.25. The number of hydrogen-bond donors (Lipinski definition) is 2. The average Bonchev–Trinajstić information content (AvgIpc) is 3.47. The summed E-state index contributed by atoms with van der Waals surface area (Å²) in [5.41, 5.74) is 2.76. The molecule has 1 saturated heterocycles. The topological polar surface area (TPSA) is 99.9 Å². The highest BCUT2D eigenvalue weighted by atomic mass is 35.5. The molecule has 1 aliphatic heterocycles. The lowest BCUT2D eigenvalue weighted by Gasteiger charge is -2.24. The molecule has 32 heavy (non-hydrogen) atoms. The van der Waals surface area contributed by atoms with Crippen molar-refractivity contribution in [2.24, 2.45) is 0 Å². The number of carbonyl (C=O) groups excluding carboxylic acids is 2. The van der Waals surface area contributed by atoms with Crippen LogP contribution in [0, 0.1) is 0 Å². The van der Waals surface area contributed by atoms with E-state index in [2.05, 4.69) is 5.32 Å². The van der Waals surface area contributed by atoms with Crippen molar-refractivity contribution in [3.63, 3.8) is 0 Å². The molecular formula is C24H21ClN2O5. The molecule has 8 heteroatoms. The van der Waals surface area contributed by atoms with E-state index in [-0.39, 0.29) is 28.6 Å². The quantitative estimate of drug-likeness (QED) is 0.574. The van der Waals surface area contributed by atoms with Crippen molar-refractivity contribution in [3.05, 3.63) is 77.2 Å². The average molecular weight is 453 g/mol. The minimum absolute atomic E-state index is 0.0993. The number of nitrogens with one attached hydrogen (secondary N) is 1. The summed E-state index contributed by atoms with van der Waals surface area (Å²) in [5.74, 6) is -1.76. The SMILES string of the molecule is O=C(O)c1cc(Cl)ccc1NC(=O)[C@@H]1CCCN1C(=O)Cc1cccc(-c2ccoc2)c1. The molecule has 0 saturated carbocycles. The van der Waals surface area contributed by atoms with Gasteiger partial charge in [-0.15, -0.1) is 0 Å². The van der Waals surface area contributed by atoms with E-state index in [1.54, 1.807) is 17.4 Å². The number of furan rings is 1. The zero-order valence-electron chi connectivity index (χ0n) is 17.1. The Kier molecular flexibility index (Phi) is 6.28. The Bertz CT molecular complexity index is 1160. The Hall–Kier alpha value is -3.58. The fourth-order valence-electron chi connectivity index (χ4n) is 3.92. The Labute approximate surface area is 189 Å². The van der Waals surface area contributed by atoms with E-state index in [0.717, 1.165) is 16.7 Å². The zero-order chi connectivity index (χ0) is 22.7. The van der Waals surface area contributed by atoms with Gasteiger partial charge in [-0.05, 0) is 48.2 Å². The number of likely N-dealkylation sites (tertiary alicyclic amines) is 1. The molecule has 2 aromatic carbocycles. The number of rotatable bonds is 6. The summed E-state index contributed by atoms with van der Waals surface area (Å²) in [4.78, 5) is 39.0. The van der Waals surface area contributed by atoms with E-state index < -0.39 is 17.9 Å². The highest BCUT2D eigenvalue weighted by Gasteiger charge is 2.34. The third-order valence-corrected chi connectivity index (χ3v) is 5.72. The van der Waals surface area contributed by atoms with E-state index in [1.165, 1.54) is 18.2 Å². The Morgan fingerprint density at radius 1 is 1.12 bits per heavy atom. The maximum atomic E-state index is 13.0. The van der Waals surface area contributed by atoms with Crippen LogP contribution >= 0.6 is 11.6 Å². The first-order valence-electron chi connectivity index (χ1n) is 10.2. The summed E-state index contributed by atoms with van der Waals surface area (Å²) in [5, 5.41) is 12.3. The number of halogens is 1. The van der Waals surface area contributed by atoms with Crippen LogP contribution in [-0.4, -0.2) is 40.4 Å². The van der Waals surface area contributed by atoms with Gasteiger partial charge in [-0.3, -0.25) is 9.59 Å². The van der Waals surface area contributed by atoms with Crippen LogP contribution in [0.5, 0.6) is 0 Å². The zero-order valence-corrected chi connectivity index (χ0v) is 17.8. The first-order chi connectivity index (χ1) is 15.4. The molecule has 2 N–H and O–H groups in total. The molecule has 1 aliphatic rings. The number of nitrogens with zero attached hydrogens (tertiary/aromatic N) is 1. The van der Waals surface area contributed by atoms with Crippen molar-refractivity contribution in [1.82, 2.24) is 4.90 Å². The first kappa shape index (κ1) is 21.6. The molecule has 1 atom stereocenters. The monoisotopic (exact) mass is 452 g/mol. The highest BCUT2D eigenvalue weighted by molar-refractivity contribution is 6.31. The molecule has 1 fully saturated rings. The van der Waals surface area contributed by atoms with Crippen LogP contribution in [0.2, 0.25) is 5.02 Å². The molecule has 7 nitrogen and oxygen atoms in total. The number of anilines is 1. The van der Waals surface area contributed by atoms with Crippen LogP contribution < -0.4 is 5.32 Å². The van der Waals surface area contributed by atoms with Gasteiger partial charge < -0.3 is 19.7 Å². The summed E-state index contributed by atoms with van der Waals surface area (Å²) in [6.07, 6.45) is 4.62. The lowest BCUT2D eigenvalue weighted by Crippen LogP contribution is -2.44. The number of hydrogen-bond acceptors (Lipinski definition) is 4. The predicted molar refractivity (Wildman–Crippen MR) is 120 cm³/mol. The Balaban J connectivity index is 1.47. The third-order valence-electron chi connectivity index (χ3n) is 5.48. The lowest BCUT2D eigenvalue weighted by molar-refractivity contribution is -0.136. The second-order valence-electron chi connectivity index (χ2n) is 7.62. The largest absolute Gasteiger partial charge is 0.478 e. The number of aromatic carboxylic acids is 1. The minimum atomic E-state index is -1.19. The molecule has 1 aromatic heterocycles. The lowest BCUT2D eigenvalue weighted by atomic mass is 10.0. The van der Waals surface area contributed by atoms with Gasteiger partial charge >= 0.3 is 5.97 Å². The van der Waals surface area contributed by atoms with Gasteiger partial charge in [-0.1, -0.05) is 35.9 Å². The van der Waals surface area contributed by atoms with Crippen molar-refractivity contribution in [3.8, 4) is 11.1 Å². The molecule has 3 aromatic rings. The van der Waals surface area contributed by atoms with Crippen LogP contribution in [-0.2, 0) is 16.0 Å². The van der Waals surface area contributed by atoms with Gasteiger partial charge in [0, 0.05) is 17.1 Å². The smallest absolute Gasteiger partial charge is 0.337 e. The number of carbonyl (C=O) groups is 3. The second-order valence-corrected chi connectivity index (χ2v) is 8.06. The van der Waals surface area contributed by atoms with Gasteiger partial charge in [0.05, 0.1) is 30.2 Å². The number of carboxylic acid groups (broad SMARTS) is 1. The maximum absolute atomic E-state index is 13.0. The van der Waals surface area contributed by atoms with Gasteiger partial charge in [-0.2, -0.15) is 0 Å². The van der Waals surface area contributed by atoms with E-state index >= 15 is 0 Å². The van der Waals surface area contributed by atoms with E-state index in [0.29, 0.717) is 19.4 Å². The van der Waals surface area contributed by atoms with E-state index in [9.17, 15) is 19.5 Å². The van der Waals surface area contributed by atoms with Crippen LogP contribution in [0.4, 0.5) is 5.69 Å². The number of amides is 2. The van der Waals surface area contributed by atoms with Gasteiger partial charge in [0.25, 0.3) is 0 Å². The van der Waals surface area contributed by atoms with Crippen molar-refractivity contribution >= 4 is 35.1 Å². The van der Waals surface area contributed by atoms with Crippen molar-refractivity contribution in [1.29, 1.82) is 0 Å². The van der Waals surface area contributed by atoms with Crippen LogP contribution in [0.3, 0.4) is 0 Å². The van der Waals surface area contributed by atoms with Gasteiger partial charge in [-0.25, -0.2) is 4.79 Å². The standard InChI is InChI=1S/C24H21ClN2O5/c25-18-6-7-20(19(13-18)24(30)31)26-23(29)21-5-2-9-27(21)22(28)12-15-3-1-4-16(11-15)17-8-10-32-14-17/h1,3-4,6-8,10-11,13-14,21H,2,5,9,12H2,(H,26,29)(H,30,31)/t21-/m0/s1. The fourth-order valence-corrected chi connectivity index (χ4v) is 4.09. The summed E-state index contributed by atoms with van der Waals surface area (Å²) < 4.78 is 5.13. The second kappa shape index (κ2) is 9.28. The normalized spacial score (nSPS) is 15.5. The molecular weight excluding hydrogens is 432 g/mol. The molecule has 0 bridgehead atoms. The molecule has 0 spiro atoms. The molecule has 0 unspecified atom stereocenters. The fraction of sp³-hybridized carbons (Fsp3) is 0.208. The molecule has 0 radical (unpaired) electrons. The third kappa shape index (κ3) is 4.68. The van der Waals surface area contributed by atoms with Crippen molar-refractivity contribution in [2.75, 3.05) is 11.9 Å². The van der Waals surface area contributed by atoms with Crippen molar-refractivity contribution in [2.45, 2.75) is 25.3 Å². The molecule has 164 valence electrons. The van der Waals surface area contributed by atoms with Crippen molar-refractivity contribution < 1.29 is 23.9 Å². The summed E-state index contributed by atoms with van der Waals surface area (Å²) in [7, 11) is 0. The summed E-state index contributed by atoms with van der Waals surface area (Å²) in [6, 6.07) is 13.1. The van der Waals surface area contributed by atoms with Crippen LogP contribution in [0.15, 0.2) is 65.5 Å². The number of benzene rings is 2. The molecule has 2 amide bonds. The van der Waals surface area contributed by atoms with E-state index in [4.69, 9.17) is 16.0 Å². The minimum Gasteiger partial charge on any atom is -0.478 e. The molecule has 2 heterocycles.